The lowest BCUT2D eigenvalue weighted by Crippen LogP contribution is -2.49. The van der Waals surface area contributed by atoms with Crippen LogP contribution in [0, 0.1) is 17.0 Å². The highest BCUT2D eigenvalue weighted by Crippen LogP contribution is 2.22. The average Bonchev–Trinajstić information content (AvgIpc) is 2.79. The Morgan fingerprint density at radius 2 is 1.74 bits per heavy atom. The molecule has 0 spiro atoms. The molecular formula is C23H28N4O4. The fraction of sp³-hybridized carbons (Fsp3) is 0.391. The van der Waals surface area contributed by atoms with E-state index in [2.05, 4.69) is 17.1 Å². The number of anilines is 1. The first kappa shape index (κ1) is 22.4. The van der Waals surface area contributed by atoms with Crippen LogP contribution < -0.4 is 5.32 Å². The number of amides is 2. The van der Waals surface area contributed by atoms with Crippen molar-refractivity contribution in [3.8, 4) is 0 Å². The van der Waals surface area contributed by atoms with E-state index in [0.29, 0.717) is 44.0 Å². The van der Waals surface area contributed by atoms with Gasteiger partial charge in [-0.1, -0.05) is 25.1 Å². The zero-order valence-corrected chi connectivity index (χ0v) is 18.0. The van der Waals surface area contributed by atoms with E-state index in [0.717, 1.165) is 12.0 Å². The number of nitrogens with one attached hydrogen (secondary N) is 1. The van der Waals surface area contributed by atoms with Crippen LogP contribution in [0.15, 0.2) is 42.5 Å². The maximum Gasteiger partial charge on any atom is 0.271 e. The lowest BCUT2D eigenvalue weighted by molar-refractivity contribution is -0.384. The highest BCUT2D eigenvalue weighted by atomic mass is 16.6. The Bertz CT molecular complexity index is 951. The van der Waals surface area contributed by atoms with Gasteiger partial charge in [-0.3, -0.25) is 24.6 Å². The second kappa shape index (κ2) is 10.2. The zero-order valence-electron chi connectivity index (χ0n) is 18.0. The molecule has 1 aliphatic heterocycles. The third kappa shape index (κ3) is 5.88. The van der Waals surface area contributed by atoms with E-state index in [1.54, 1.807) is 13.0 Å². The predicted molar refractivity (Wildman–Crippen MR) is 119 cm³/mol. The Balaban J connectivity index is 1.45. The quantitative estimate of drug-likeness (QED) is 0.544. The molecule has 2 amide bonds. The third-order valence-corrected chi connectivity index (χ3v) is 5.63. The molecule has 0 aromatic heterocycles. The minimum atomic E-state index is -0.478. The molecule has 3 rings (SSSR count). The SMILES string of the molecule is CCc1ccc(C(=O)N2CCN(CCC(=O)Nc3cc([N+](=O)[O-])ccc3C)CC2)cc1. The molecule has 8 heteroatoms. The van der Waals surface area contributed by atoms with Crippen LogP contribution in [0.25, 0.3) is 0 Å². The number of piperazine rings is 1. The van der Waals surface area contributed by atoms with Crippen LogP contribution in [0.5, 0.6) is 0 Å². The first-order chi connectivity index (χ1) is 14.9. The van der Waals surface area contributed by atoms with Crippen molar-refractivity contribution < 1.29 is 14.5 Å². The second-order valence-corrected chi connectivity index (χ2v) is 7.74. The summed E-state index contributed by atoms with van der Waals surface area (Å²) < 4.78 is 0. The molecule has 1 fully saturated rings. The van der Waals surface area contributed by atoms with Gasteiger partial charge in [-0.2, -0.15) is 0 Å². The number of nitro groups is 1. The first-order valence-corrected chi connectivity index (χ1v) is 10.5. The van der Waals surface area contributed by atoms with Crippen molar-refractivity contribution in [1.29, 1.82) is 0 Å². The maximum absolute atomic E-state index is 12.7. The number of carbonyl (C=O) groups excluding carboxylic acids is 2. The van der Waals surface area contributed by atoms with Crippen molar-refractivity contribution in [3.05, 3.63) is 69.3 Å². The lowest BCUT2D eigenvalue weighted by atomic mass is 10.1. The van der Waals surface area contributed by atoms with Gasteiger partial charge in [0.25, 0.3) is 11.6 Å². The smallest absolute Gasteiger partial charge is 0.271 e. The summed E-state index contributed by atoms with van der Waals surface area (Å²) in [6, 6.07) is 12.2. The monoisotopic (exact) mass is 424 g/mol. The molecule has 2 aromatic rings. The Morgan fingerprint density at radius 3 is 2.35 bits per heavy atom. The molecule has 164 valence electrons. The average molecular weight is 425 g/mol. The van der Waals surface area contributed by atoms with Crippen molar-refractivity contribution in [2.75, 3.05) is 38.0 Å². The second-order valence-electron chi connectivity index (χ2n) is 7.74. The standard InChI is InChI=1S/C23H28N4O4/c1-3-18-5-7-19(8-6-18)23(29)26-14-12-25(13-15-26)11-10-22(28)24-21-16-20(27(30)31)9-4-17(21)2/h4-9,16H,3,10-15H2,1-2H3,(H,24,28). The first-order valence-electron chi connectivity index (χ1n) is 10.5. The van der Waals surface area contributed by atoms with Crippen LogP contribution in [0.4, 0.5) is 11.4 Å². The number of benzene rings is 2. The Hall–Kier alpha value is -3.26. The van der Waals surface area contributed by atoms with Gasteiger partial charge in [-0.25, -0.2) is 0 Å². The number of nitrogens with zero attached hydrogens (tertiary/aromatic N) is 3. The Morgan fingerprint density at radius 1 is 1.06 bits per heavy atom. The number of carbonyl (C=O) groups is 2. The van der Waals surface area contributed by atoms with E-state index in [-0.39, 0.29) is 23.9 Å². The third-order valence-electron chi connectivity index (χ3n) is 5.63. The molecule has 1 N–H and O–H groups in total. The van der Waals surface area contributed by atoms with Gasteiger partial charge in [0.15, 0.2) is 0 Å². The minimum Gasteiger partial charge on any atom is -0.336 e. The number of aryl methyl sites for hydroxylation is 2. The van der Waals surface area contributed by atoms with Crippen molar-refractivity contribution in [3.63, 3.8) is 0 Å². The summed E-state index contributed by atoms with van der Waals surface area (Å²) in [7, 11) is 0. The normalized spacial score (nSPS) is 14.3. The fourth-order valence-corrected chi connectivity index (χ4v) is 3.57. The van der Waals surface area contributed by atoms with Gasteiger partial charge in [0.05, 0.1) is 10.6 Å². The van der Waals surface area contributed by atoms with Gasteiger partial charge in [0.1, 0.15) is 0 Å². The number of non-ortho nitro benzene ring substituents is 1. The van der Waals surface area contributed by atoms with E-state index in [1.165, 1.54) is 17.7 Å². The molecule has 0 aliphatic carbocycles. The zero-order chi connectivity index (χ0) is 22.4. The molecule has 0 unspecified atom stereocenters. The van der Waals surface area contributed by atoms with Gasteiger partial charge < -0.3 is 10.2 Å². The highest BCUT2D eigenvalue weighted by Gasteiger charge is 2.22. The molecule has 0 radical (unpaired) electrons. The van der Waals surface area contributed by atoms with Crippen LogP contribution >= 0.6 is 0 Å². The summed E-state index contributed by atoms with van der Waals surface area (Å²) in [5.74, 6) is -0.140. The summed E-state index contributed by atoms with van der Waals surface area (Å²) in [6.45, 7) is 7.13. The topological polar surface area (TPSA) is 95.8 Å². The van der Waals surface area contributed by atoms with Gasteiger partial charge >= 0.3 is 0 Å². The van der Waals surface area contributed by atoms with Crippen molar-refractivity contribution in [2.24, 2.45) is 0 Å². The van der Waals surface area contributed by atoms with E-state index in [4.69, 9.17) is 0 Å². The summed E-state index contributed by atoms with van der Waals surface area (Å²) in [5.41, 5.74) is 3.10. The number of hydrogen-bond donors (Lipinski definition) is 1. The maximum atomic E-state index is 12.7. The molecule has 31 heavy (non-hydrogen) atoms. The molecule has 0 saturated carbocycles. The molecule has 8 nitrogen and oxygen atoms in total. The van der Waals surface area contributed by atoms with E-state index >= 15 is 0 Å². The molecular weight excluding hydrogens is 396 g/mol. The predicted octanol–water partition coefficient (Wildman–Crippen LogP) is 3.25. The number of hydrogen-bond acceptors (Lipinski definition) is 5. The molecule has 1 saturated heterocycles. The molecule has 0 atom stereocenters. The van der Waals surface area contributed by atoms with E-state index in [9.17, 15) is 19.7 Å². The summed E-state index contributed by atoms with van der Waals surface area (Å²) >= 11 is 0. The van der Waals surface area contributed by atoms with Crippen LogP contribution in [-0.2, 0) is 11.2 Å². The highest BCUT2D eigenvalue weighted by molar-refractivity contribution is 5.94. The van der Waals surface area contributed by atoms with E-state index < -0.39 is 4.92 Å². The van der Waals surface area contributed by atoms with E-state index in [1.807, 2.05) is 29.2 Å². The van der Waals surface area contributed by atoms with Crippen LogP contribution in [-0.4, -0.2) is 59.3 Å². The van der Waals surface area contributed by atoms with Gasteiger partial charge in [0.2, 0.25) is 5.91 Å². The Labute approximate surface area is 182 Å². The minimum absolute atomic E-state index is 0.0428. The van der Waals surface area contributed by atoms with Crippen molar-refractivity contribution in [2.45, 2.75) is 26.7 Å². The van der Waals surface area contributed by atoms with Gasteiger partial charge in [0, 0.05) is 56.8 Å². The van der Waals surface area contributed by atoms with Crippen LogP contribution in [0.1, 0.15) is 34.8 Å². The van der Waals surface area contributed by atoms with Gasteiger partial charge in [-0.05, 0) is 36.6 Å². The summed E-state index contributed by atoms with van der Waals surface area (Å²) in [4.78, 5) is 39.5. The van der Waals surface area contributed by atoms with Gasteiger partial charge in [-0.15, -0.1) is 0 Å². The molecule has 1 aliphatic rings. The van der Waals surface area contributed by atoms with Crippen molar-refractivity contribution in [1.82, 2.24) is 9.80 Å². The number of nitro benzene ring substituents is 1. The van der Waals surface area contributed by atoms with Crippen LogP contribution in [0.3, 0.4) is 0 Å². The molecule has 0 bridgehead atoms. The Kier molecular flexibility index (Phi) is 7.36. The fourth-order valence-electron chi connectivity index (χ4n) is 3.57. The molecule has 2 aromatic carbocycles. The van der Waals surface area contributed by atoms with Crippen molar-refractivity contribution >= 4 is 23.2 Å². The lowest BCUT2D eigenvalue weighted by Gasteiger charge is -2.34. The molecule has 1 heterocycles. The summed E-state index contributed by atoms with van der Waals surface area (Å²) in [6.07, 6.45) is 1.23. The van der Waals surface area contributed by atoms with Crippen LogP contribution in [0.2, 0.25) is 0 Å². The largest absolute Gasteiger partial charge is 0.336 e. The number of rotatable bonds is 7. The summed E-state index contributed by atoms with van der Waals surface area (Å²) in [5, 5.41) is 13.7.